The molecular formula is C21H29IN4O2. The molecule has 0 atom stereocenters. The Morgan fingerprint density at radius 1 is 1.14 bits per heavy atom. The largest absolute Gasteiger partial charge is 0.459 e. The first-order chi connectivity index (χ1) is 13.1. The molecule has 2 aromatic heterocycles. The molecule has 0 saturated heterocycles. The number of furan rings is 1. The number of halogens is 1. The molecule has 1 aromatic carbocycles. The smallest absolute Gasteiger partial charge is 0.191 e. The molecule has 0 aliphatic heterocycles. The standard InChI is InChI=1S/C21H28N4O2.HI/c1-5-22-21(23-12-8-10-18-15(3)25-27-16(18)4)24-13-20-14(2)17-9-6-7-11-19(17)26-20;/h6-7,9,11H,5,8,10,12-13H2,1-4H3,(H2,22,23,24);1H. The van der Waals surface area contributed by atoms with E-state index in [9.17, 15) is 0 Å². The van der Waals surface area contributed by atoms with Crippen LogP contribution in [0, 0.1) is 20.8 Å². The topological polar surface area (TPSA) is 75.6 Å². The van der Waals surface area contributed by atoms with Crippen LogP contribution in [0.4, 0.5) is 0 Å². The van der Waals surface area contributed by atoms with Crippen LogP contribution in [0.2, 0.25) is 0 Å². The molecule has 3 rings (SSSR count). The van der Waals surface area contributed by atoms with Gasteiger partial charge in [0.15, 0.2) is 5.96 Å². The Morgan fingerprint density at radius 3 is 2.61 bits per heavy atom. The molecule has 3 aromatic rings. The van der Waals surface area contributed by atoms with Gasteiger partial charge in [0.1, 0.15) is 23.6 Å². The predicted molar refractivity (Wildman–Crippen MR) is 123 cm³/mol. The van der Waals surface area contributed by atoms with E-state index in [0.29, 0.717) is 6.54 Å². The molecule has 0 aliphatic rings. The van der Waals surface area contributed by atoms with Crippen molar-refractivity contribution in [1.29, 1.82) is 0 Å². The Morgan fingerprint density at radius 2 is 1.93 bits per heavy atom. The summed E-state index contributed by atoms with van der Waals surface area (Å²) in [6.45, 7) is 10.3. The summed E-state index contributed by atoms with van der Waals surface area (Å²) in [7, 11) is 0. The van der Waals surface area contributed by atoms with E-state index in [0.717, 1.165) is 65.6 Å². The second-order valence-electron chi connectivity index (χ2n) is 6.67. The maximum atomic E-state index is 5.95. The van der Waals surface area contributed by atoms with E-state index in [2.05, 4.69) is 40.7 Å². The van der Waals surface area contributed by atoms with Crippen LogP contribution in [-0.4, -0.2) is 24.2 Å². The van der Waals surface area contributed by atoms with Gasteiger partial charge in [-0.15, -0.1) is 24.0 Å². The monoisotopic (exact) mass is 496 g/mol. The summed E-state index contributed by atoms with van der Waals surface area (Å²) in [5.41, 5.74) is 4.26. The van der Waals surface area contributed by atoms with Crippen LogP contribution < -0.4 is 10.6 Å². The minimum absolute atomic E-state index is 0. The third-order valence-electron chi connectivity index (χ3n) is 4.74. The number of guanidine groups is 1. The highest BCUT2D eigenvalue weighted by Crippen LogP contribution is 2.25. The van der Waals surface area contributed by atoms with Crippen molar-refractivity contribution in [2.24, 2.45) is 4.99 Å². The van der Waals surface area contributed by atoms with Gasteiger partial charge in [-0.25, -0.2) is 4.99 Å². The van der Waals surface area contributed by atoms with Crippen molar-refractivity contribution in [2.75, 3.05) is 13.1 Å². The predicted octanol–water partition coefficient (Wildman–Crippen LogP) is 4.65. The molecule has 0 spiro atoms. The van der Waals surface area contributed by atoms with Crippen LogP contribution >= 0.6 is 24.0 Å². The maximum absolute atomic E-state index is 5.95. The third kappa shape index (κ3) is 5.27. The van der Waals surface area contributed by atoms with Crippen LogP contribution in [0.3, 0.4) is 0 Å². The number of aliphatic imine (C=N–C) groups is 1. The van der Waals surface area contributed by atoms with Crippen molar-refractivity contribution >= 4 is 40.9 Å². The van der Waals surface area contributed by atoms with Gasteiger partial charge in [-0.3, -0.25) is 0 Å². The molecule has 2 heterocycles. The van der Waals surface area contributed by atoms with Crippen molar-refractivity contribution in [1.82, 2.24) is 15.8 Å². The Balaban J connectivity index is 0.00000280. The second kappa shape index (κ2) is 10.5. The van der Waals surface area contributed by atoms with E-state index in [4.69, 9.17) is 8.94 Å². The van der Waals surface area contributed by atoms with Crippen LogP contribution in [0.5, 0.6) is 0 Å². The van der Waals surface area contributed by atoms with Gasteiger partial charge in [0.2, 0.25) is 0 Å². The molecule has 7 heteroatoms. The zero-order chi connectivity index (χ0) is 19.2. The summed E-state index contributed by atoms with van der Waals surface area (Å²) in [5, 5.41) is 11.8. The molecule has 0 bridgehead atoms. The summed E-state index contributed by atoms with van der Waals surface area (Å²) in [4.78, 5) is 4.68. The Bertz CT molecular complexity index is 910. The van der Waals surface area contributed by atoms with Gasteiger partial charge in [-0.05, 0) is 46.6 Å². The molecule has 0 radical (unpaired) electrons. The van der Waals surface area contributed by atoms with E-state index in [1.54, 1.807) is 0 Å². The number of hydrogen-bond acceptors (Lipinski definition) is 4. The minimum atomic E-state index is 0. The van der Waals surface area contributed by atoms with E-state index >= 15 is 0 Å². The average molecular weight is 496 g/mol. The first-order valence-corrected chi connectivity index (χ1v) is 9.51. The number of aromatic nitrogens is 1. The summed E-state index contributed by atoms with van der Waals surface area (Å²) in [5.74, 6) is 2.62. The SMILES string of the molecule is CCNC(=NCc1oc2ccccc2c1C)NCCCc1c(C)noc1C.I. The van der Waals surface area contributed by atoms with E-state index < -0.39 is 0 Å². The van der Waals surface area contributed by atoms with Gasteiger partial charge >= 0.3 is 0 Å². The van der Waals surface area contributed by atoms with Crippen molar-refractivity contribution in [2.45, 2.75) is 47.1 Å². The third-order valence-corrected chi connectivity index (χ3v) is 4.74. The van der Waals surface area contributed by atoms with Gasteiger partial charge in [-0.1, -0.05) is 23.4 Å². The fourth-order valence-corrected chi connectivity index (χ4v) is 3.20. The first kappa shape index (κ1) is 22.3. The molecule has 2 N–H and O–H groups in total. The number of nitrogens with zero attached hydrogens (tertiary/aromatic N) is 2. The second-order valence-corrected chi connectivity index (χ2v) is 6.67. The molecule has 0 saturated carbocycles. The quantitative estimate of drug-likeness (QED) is 0.216. The van der Waals surface area contributed by atoms with Crippen molar-refractivity contribution < 1.29 is 8.94 Å². The Kier molecular flexibility index (Phi) is 8.35. The Hall–Kier alpha value is -2.03. The van der Waals surface area contributed by atoms with Crippen molar-refractivity contribution in [3.8, 4) is 0 Å². The Labute approximate surface area is 183 Å². The normalized spacial score (nSPS) is 11.5. The summed E-state index contributed by atoms with van der Waals surface area (Å²) in [6.07, 6.45) is 1.92. The van der Waals surface area contributed by atoms with Gasteiger partial charge < -0.3 is 19.6 Å². The van der Waals surface area contributed by atoms with E-state index in [-0.39, 0.29) is 24.0 Å². The lowest BCUT2D eigenvalue weighted by Gasteiger charge is -2.11. The first-order valence-electron chi connectivity index (χ1n) is 9.51. The number of aryl methyl sites for hydroxylation is 3. The van der Waals surface area contributed by atoms with E-state index in [1.807, 2.05) is 32.0 Å². The van der Waals surface area contributed by atoms with Crippen molar-refractivity contribution in [3.05, 3.63) is 52.6 Å². The van der Waals surface area contributed by atoms with E-state index in [1.165, 1.54) is 5.56 Å². The summed E-state index contributed by atoms with van der Waals surface area (Å²) < 4.78 is 11.2. The molecule has 28 heavy (non-hydrogen) atoms. The molecule has 0 unspecified atom stereocenters. The van der Waals surface area contributed by atoms with Gasteiger partial charge in [0.25, 0.3) is 0 Å². The number of rotatable bonds is 7. The van der Waals surface area contributed by atoms with Crippen LogP contribution in [-0.2, 0) is 13.0 Å². The minimum Gasteiger partial charge on any atom is -0.459 e. The molecule has 152 valence electrons. The van der Waals surface area contributed by atoms with Crippen molar-refractivity contribution in [3.63, 3.8) is 0 Å². The van der Waals surface area contributed by atoms with Crippen LogP contribution in [0.25, 0.3) is 11.0 Å². The highest BCUT2D eigenvalue weighted by Gasteiger charge is 2.10. The molecule has 0 fully saturated rings. The van der Waals surface area contributed by atoms with Crippen LogP contribution in [0.15, 0.2) is 38.2 Å². The zero-order valence-electron chi connectivity index (χ0n) is 17.0. The van der Waals surface area contributed by atoms with Gasteiger partial charge in [0, 0.05) is 29.6 Å². The number of benzene rings is 1. The fraction of sp³-hybridized carbons (Fsp3) is 0.429. The lowest BCUT2D eigenvalue weighted by Crippen LogP contribution is -2.37. The summed E-state index contributed by atoms with van der Waals surface area (Å²) >= 11 is 0. The van der Waals surface area contributed by atoms with Gasteiger partial charge in [-0.2, -0.15) is 0 Å². The molecule has 0 amide bonds. The molecule has 0 aliphatic carbocycles. The highest BCUT2D eigenvalue weighted by molar-refractivity contribution is 14.0. The number of para-hydroxylation sites is 1. The molecular weight excluding hydrogens is 467 g/mol. The summed E-state index contributed by atoms with van der Waals surface area (Å²) in [6, 6.07) is 8.10. The number of fused-ring (bicyclic) bond motifs is 1. The zero-order valence-corrected chi connectivity index (χ0v) is 19.3. The van der Waals surface area contributed by atoms with Gasteiger partial charge in [0.05, 0.1) is 5.69 Å². The highest BCUT2D eigenvalue weighted by atomic mass is 127. The number of nitrogens with one attached hydrogen (secondary N) is 2. The lowest BCUT2D eigenvalue weighted by molar-refractivity contribution is 0.392. The van der Waals surface area contributed by atoms with Crippen LogP contribution in [0.1, 0.15) is 41.7 Å². The average Bonchev–Trinajstić information content (AvgIpc) is 3.16. The molecule has 6 nitrogen and oxygen atoms in total. The lowest BCUT2D eigenvalue weighted by atomic mass is 10.1. The maximum Gasteiger partial charge on any atom is 0.191 e. The number of hydrogen-bond donors (Lipinski definition) is 2. The fourth-order valence-electron chi connectivity index (χ4n) is 3.20.